The first-order valence-electron chi connectivity index (χ1n) is 21.1. The Kier molecular flexibility index (Phi) is 20.6. The molecule has 1 saturated heterocycles. The Bertz CT molecular complexity index is 1340. The van der Waals surface area contributed by atoms with E-state index in [4.69, 9.17) is 23.1 Å². The predicted molar refractivity (Wildman–Crippen MR) is 242 cm³/mol. The van der Waals surface area contributed by atoms with Gasteiger partial charge in [-0.05, 0) is 129 Å². The summed E-state index contributed by atoms with van der Waals surface area (Å²) in [5.74, 6) is 3.19. The molecule has 1 aliphatic heterocycles. The smallest absolute Gasteiger partial charge is 0.192 e. The van der Waals surface area contributed by atoms with Crippen LogP contribution in [-0.4, -0.2) is 70.0 Å². The van der Waals surface area contributed by atoms with Gasteiger partial charge in [-0.1, -0.05) is 84.0 Å². The SMILES string of the molecule is CC[Si](CC)(CC)O[C@H](CCOCc1ccccc1)CC[C@@](C)(O[Si](C)(C)C(C)(C)C)[C@H](CCC1(CCCC=O)SCCCS1)OCc1ccc(OC)cc1. The number of thioether (sulfide) groups is 2. The number of hydrogen-bond acceptors (Lipinski definition) is 8. The van der Waals surface area contributed by atoms with Crippen LogP contribution in [-0.2, 0) is 36.3 Å². The standard InChI is InChI=1S/C45H76O6S2Si2/c1-11-55(12-2,13-3)50-41(28-33-48-36-38-20-15-14-16-21-38)26-30-44(7,51-54(9,10)43(4,5)6)42(49-37-39-22-24-40(47-8)25-23-39)27-31-45(29-17-18-32-46)52-34-19-35-53-45/h14-16,20-25,32,41-42H,11-13,17-19,26-31,33-37H2,1-10H3/t41-,42-,44+/m0/s1. The lowest BCUT2D eigenvalue weighted by Gasteiger charge is -2.49. The molecule has 0 unspecified atom stereocenters. The van der Waals surface area contributed by atoms with Gasteiger partial charge in [0.05, 0.1) is 36.1 Å². The molecular weight excluding hydrogens is 757 g/mol. The van der Waals surface area contributed by atoms with Crippen LogP contribution < -0.4 is 4.74 Å². The fraction of sp³-hybridized carbons (Fsp3) is 0.711. The molecule has 0 amide bonds. The van der Waals surface area contributed by atoms with Crippen molar-refractivity contribution in [1.82, 2.24) is 0 Å². The molecule has 1 heterocycles. The monoisotopic (exact) mass is 832 g/mol. The lowest BCUT2D eigenvalue weighted by atomic mass is 9.88. The Morgan fingerprint density at radius 1 is 0.836 bits per heavy atom. The first-order valence-corrected chi connectivity index (χ1v) is 28.5. The summed E-state index contributed by atoms with van der Waals surface area (Å²) in [5, 5.41) is 0.0375. The van der Waals surface area contributed by atoms with E-state index in [2.05, 4.69) is 128 Å². The van der Waals surface area contributed by atoms with E-state index >= 15 is 0 Å². The van der Waals surface area contributed by atoms with Crippen molar-refractivity contribution in [3.63, 3.8) is 0 Å². The highest BCUT2D eigenvalue weighted by atomic mass is 32.2. The summed E-state index contributed by atoms with van der Waals surface area (Å²) in [7, 11) is -2.44. The quantitative estimate of drug-likeness (QED) is 0.0501. The fourth-order valence-corrected chi connectivity index (χ4v) is 15.5. The number of benzene rings is 2. The van der Waals surface area contributed by atoms with E-state index in [0.717, 1.165) is 80.7 Å². The molecule has 0 N–H and O–H groups in total. The minimum absolute atomic E-state index is 0.0375. The molecule has 6 nitrogen and oxygen atoms in total. The number of carbonyl (C=O) groups excluding carboxylic acids is 1. The molecular formula is C45H76O6S2Si2. The van der Waals surface area contributed by atoms with Gasteiger partial charge in [0.25, 0.3) is 0 Å². The van der Waals surface area contributed by atoms with Crippen molar-refractivity contribution in [3.05, 3.63) is 65.7 Å². The molecule has 3 rings (SSSR count). The van der Waals surface area contributed by atoms with Crippen molar-refractivity contribution in [3.8, 4) is 5.75 Å². The van der Waals surface area contributed by atoms with E-state index in [0.29, 0.717) is 26.2 Å². The van der Waals surface area contributed by atoms with Gasteiger partial charge < -0.3 is 27.9 Å². The summed E-state index contributed by atoms with van der Waals surface area (Å²) in [4.78, 5) is 11.4. The molecule has 1 fully saturated rings. The summed E-state index contributed by atoms with van der Waals surface area (Å²) < 4.78 is 34.0. The number of methoxy groups -OCH3 is 1. The highest BCUT2D eigenvalue weighted by molar-refractivity contribution is 8.18. The van der Waals surface area contributed by atoms with E-state index in [1.165, 1.54) is 23.5 Å². The first-order chi connectivity index (χ1) is 26.2. The highest BCUT2D eigenvalue weighted by Gasteiger charge is 2.48. The second-order valence-electron chi connectivity index (χ2n) is 17.2. The van der Waals surface area contributed by atoms with Crippen molar-refractivity contribution < 1.29 is 27.9 Å². The van der Waals surface area contributed by atoms with Gasteiger partial charge in [-0.2, -0.15) is 0 Å². The lowest BCUT2D eigenvalue weighted by molar-refractivity contribution is -0.109. The highest BCUT2D eigenvalue weighted by Crippen LogP contribution is 2.50. The zero-order valence-electron chi connectivity index (χ0n) is 36.2. The van der Waals surface area contributed by atoms with E-state index in [1.54, 1.807) is 7.11 Å². The van der Waals surface area contributed by atoms with Crippen molar-refractivity contribution in [1.29, 1.82) is 0 Å². The summed E-state index contributed by atoms with van der Waals surface area (Å²) in [6.45, 7) is 22.9. The average molecular weight is 833 g/mol. The molecule has 0 aromatic heterocycles. The molecule has 0 bridgehead atoms. The van der Waals surface area contributed by atoms with Crippen molar-refractivity contribution >= 4 is 46.4 Å². The van der Waals surface area contributed by atoms with Gasteiger partial charge in [-0.25, -0.2) is 0 Å². The largest absolute Gasteiger partial charge is 0.497 e. The first kappa shape index (κ1) is 48.3. The number of hydrogen-bond donors (Lipinski definition) is 0. The number of unbranched alkanes of at least 4 members (excludes halogenated alkanes) is 1. The van der Waals surface area contributed by atoms with Gasteiger partial charge >= 0.3 is 0 Å². The fourth-order valence-electron chi connectivity index (χ4n) is 7.38. The van der Waals surface area contributed by atoms with Crippen LogP contribution in [0.5, 0.6) is 5.75 Å². The number of carbonyl (C=O) groups is 1. The second-order valence-corrected chi connectivity index (χ2v) is 29.9. The van der Waals surface area contributed by atoms with E-state index in [9.17, 15) is 4.79 Å². The third-order valence-corrected chi connectivity index (χ3v) is 25.1. The Morgan fingerprint density at radius 3 is 2.05 bits per heavy atom. The minimum atomic E-state index is -2.25. The van der Waals surface area contributed by atoms with Gasteiger partial charge in [0.15, 0.2) is 16.6 Å². The lowest BCUT2D eigenvalue weighted by Crippen LogP contribution is -2.55. The zero-order valence-corrected chi connectivity index (χ0v) is 39.8. The van der Waals surface area contributed by atoms with Crippen LogP contribution in [0.2, 0.25) is 36.3 Å². The Hall–Kier alpha value is -1.12. The van der Waals surface area contributed by atoms with Gasteiger partial charge in [0.2, 0.25) is 0 Å². The maximum Gasteiger partial charge on any atom is 0.192 e. The molecule has 0 saturated carbocycles. The Morgan fingerprint density at radius 2 is 1.47 bits per heavy atom. The average Bonchev–Trinajstić information content (AvgIpc) is 3.18. The van der Waals surface area contributed by atoms with Crippen LogP contribution in [0, 0.1) is 0 Å². The van der Waals surface area contributed by atoms with Gasteiger partial charge in [0, 0.05) is 19.1 Å². The van der Waals surface area contributed by atoms with Gasteiger partial charge in [0.1, 0.15) is 12.0 Å². The molecule has 0 aliphatic carbocycles. The zero-order chi connectivity index (χ0) is 40.4. The summed E-state index contributed by atoms with van der Waals surface area (Å²) in [5.41, 5.74) is 1.79. The summed E-state index contributed by atoms with van der Waals surface area (Å²) in [6, 6.07) is 22.1. The maximum atomic E-state index is 11.4. The molecule has 55 heavy (non-hydrogen) atoms. The molecule has 10 heteroatoms. The molecule has 0 radical (unpaired) electrons. The maximum absolute atomic E-state index is 11.4. The molecule has 312 valence electrons. The van der Waals surface area contributed by atoms with Crippen molar-refractivity contribution in [2.45, 2.75) is 178 Å². The minimum Gasteiger partial charge on any atom is -0.497 e. The van der Waals surface area contributed by atoms with Crippen LogP contribution in [0.3, 0.4) is 0 Å². The Balaban J connectivity index is 1.98. The van der Waals surface area contributed by atoms with Crippen molar-refractivity contribution in [2.24, 2.45) is 0 Å². The van der Waals surface area contributed by atoms with E-state index in [-0.39, 0.29) is 21.3 Å². The topological polar surface area (TPSA) is 63.2 Å². The third kappa shape index (κ3) is 15.5. The van der Waals surface area contributed by atoms with Crippen LogP contribution >= 0.6 is 23.5 Å². The third-order valence-electron chi connectivity index (χ3n) is 12.3. The normalized spacial score (nSPS) is 17.3. The molecule has 2 aromatic rings. The number of rotatable bonds is 27. The van der Waals surface area contributed by atoms with E-state index in [1.807, 2.05) is 12.1 Å². The van der Waals surface area contributed by atoms with Crippen LogP contribution in [0.1, 0.15) is 117 Å². The van der Waals surface area contributed by atoms with Crippen LogP contribution in [0.4, 0.5) is 0 Å². The van der Waals surface area contributed by atoms with E-state index < -0.39 is 22.2 Å². The van der Waals surface area contributed by atoms with Crippen LogP contribution in [0.25, 0.3) is 0 Å². The molecule has 2 aromatic carbocycles. The molecule has 0 spiro atoms. The number of ether oxygens (including phenoxy) is 3. The van der Waals surface area contributed by atoms with Gasteiger partial charge in [-0.15, -0.1) is 23.5 Å². The van der Waals surface area contributed by atoms with Crippen molar-refractivity contribution in [2.75, 3.05) is 25.2 Å². The summed E-state index contributed by atoms with van der Waals surface area (Å²) >= 11 is 4.21. The van der Waals surface area contributed by atoms with Crippen LogP contribution in [0.15, 0.2) is 54.6 Å². The molecule has 3 atom stereocenters. The Labute approximate surface area is 347 Å². The second kappa shape index (κ2) is 23.5. The molecule has 1 aliphatic rings. The summed E-state index contributed by atoms with van der Waals surface area (Å²) in [6.07, 6.45) is 9.40. The van der Waals surface area contributed by atoms with Gasteiger partial charge in [-0.3, -0.25) is 0 Å². The number of aldehydes is 1. The predicted octanol–water partition coefficient (Wildman–Crippen LogP) is 12.9.